The van der Waals surface area contributed by atoms with E-state index >= 15 is 0 Å². The lowest BCUT2D eigenvalue weighted by Gasteiger charge is -2.29. The van der Waals surface area contributed by atoms with Crippen molar-refractivity contribution in [2.75, 3.05) is 18.5 Å². The summed E-state index contributed by atoms with van der Waals surface area (Å²) in [6, 6.07) is 2.02. The molecule has 0 spiro atoms. The van der Waals surface area contributed by atoms with Crippen molar-refractivity contribution in [1.29, 1.82) is 0 Å². The number of halogens is 2. The highest BCUT2D eigenvalue weighted by atomic mass is 35.5. The molecule has 1 aromatic heterocycles. The fraction of sp³-hybridized carbons (Fsp3) is 0.636. The van der Waals surface area contributed by atoms with Gasteiger partial charge in [-0.3, -0.25) is 0 Å². The summed E-state index contributed by atoms with van der Waals surface area (Å²) in [7, 11) is 0. The molecule has 0 amide bonds. The van der Waals surface area contributed by atoms with Crippen LogP contribution in [-0.4, -0.2) is 29.5 Å². The molecule has 1 fully saturated rings. The van der Waals surface area contributed by atoms with Crippen LogP contribution in [0.3, 0.4) is 0 Å². The van der Waals surface area contributed by atoms with Crippen molar-refractivity contribution in [2.24, 2.45) is 5.92 Å². The molecule has 1 N–H and O–H groups in total. The first kappa shape index (κ1) is 12.9. The van der Waals surface area contributed by atoms with Crippen molar-refractivity contribution in [3.63, 3.8) is 0 Å². The van der Waals surface area contributed by atoms with Crippen LogP contribution in [0.4, 0.5) is 5.69 Å². The topological polar surface area (TPSA) is 47.0 Å². The zero-order valence-corrected chi connectivity index (χ0v) is 11.1. The molecule has 1 aromatic rings. The summed E-state index contributed by atoms with van der Waals surface area (Å²) in [5, 5.41) is 11.5. The Balaban J connectivity index is 2.01. The first-order valence-electron chi connectivity index (χ1n) is 5.70. The number of ether oxygens (including phenoxy) is 1. The van der Waals surface area contributed by atoms with Crippen molar-refractivity contribution < 1.29 is 4.74 Å². The molecule has 1 unspecified atom stereocenters. The lowest BCUT2D eigenvalue weighted by atomic mass is 9.93. The molecule has 17 heavy (non-hydrogen) atoms. The van der Waals surface area contributed by atoms with Crippen molar-refractivity contribution in [3.8, 4) is 0 Å². The summed E-state index contributed by atoms with van der Waals surface area (Å²) < 4.78 is 5.35. The van der Waals surface area contributed by atoms with Crippen molar-refractivity contribution in [1.82, 2.24) is 10.2 Å². The van der Waals surface area contributed by atoms with Crippen LogP contribution in [0.5, 0.6) is 0 Å². The van der Waals surface area contributed by atoms with E-state index in [9.17, 15) is 0 Å². The highest BCUT2D eigenvalue weighted by molar-refractivity contribution is 6.33. The summed E-state index contributed by atoms with van der Waals surface area (Å²) in [5.74, 6) is 0.590. The Labute approximate surface area is 111 Å². The van der Waals surface area contributed by atoms with Gasteiger partial charge < -0.3 is 10.1 Å². The number of nitrogens with zero attached hydrogens (tertiary/aromatic N) is 2. The number of hydrogen-bond acceptors (Lipinski definition) is 4. The van der Waals surface area contributed by atoms with E-state index in [0.29, 0.717) is 22.3 Å². The van der Waals surface area contributed by atoms with Crippen LogP contribution in [-0.2, 0) is 4.74 Å². The van der Waals surface area contributed by atoms with Crippen LogP contribution >= 0.6 is 23.2 Å². The number of hydrogen-bond donors (Lipinski definition) is 1. The van der Waals surface area contributed by atoms with Gasteiger partial charge in [0.25, 0.3) is 0 Å². The van der Waals surface area contributed by atoms with Crippen LogP contribution in [0.1, 0.15) is 19.8 Å². The molecule has 0 saturated carbocycles. The van der Waals surface area contributed by atoms with Crippen molar-refractivity contribution in [3.05, 3.63) is 16.4 Å². The third-order valence-corrected chi connectivity index (χ3v) is 3.54. The molecule has 1 aliphatic heterocycles. The minimum absolute atomic E-state index is 0.316. The maximum Gasteiger partial charge on any atom is 0.174 e. The van der Waals surface area contributed by atoms with Gasteiger partial charge in [-0.2, -0.15) is 0 Å². The second-order valence-corrected chi connectivity index (χ2v) is 5.00. The molecule has 1 atom stereocenters. The molecule has 0 aliphatic carbocycles. The lowest BCUT2D eigenvalue weighted by Crippen LogP contribution is -2.31. The molecule has 1 saturated heterocycles. The van der Waals surface area contributed by atoms with Crippen LogP contribution in [0.2, 0.25) is 10.3 Å². The van der Waals surface area contributed by atoms with E-state index < -0.39 is 0 Å². The fourth-order valence-electron chi connectivity index (χ4n) is 2.03. The van der Waals surface area contributed by atoms with Crippen LogP contribution < -0.4 is 5.32 Å². The van der Waals surface area contributed by atoms with Crippen LogP contribution in [0.25, 0.3) is 0 Å². The number of anilines is 1. The Hall–Kier alpha value is -0.580. The van der Waals surface area contributed by atoms with Gasteiger partial charge in [0, 0.05) is 25.3 Å². The smallest absolute Gasteiger partial charge is 0.174 e. The summed E-state index contributed by atoms with van der Waals surface area (Å²) in [6.45, 7) is 3.81. The zero-order valence-electron chi connectivity index (χ0n) is 9.62. The molecule has 2 rings (SSSR count). The predicted octanol–water partition coefficient (Wildman–Crippen LogP) is 3.01. The summed E-state index contributed by atoms with van der Waals surface area (Å²) >= 11 is 11.8. The summed E-state index contributed by atoms with van der Waals surface area (Å²) in [6.07, 6.45) is 2.13. The van der Waals surface area contributed by atoms with E-state index in [1.165, 1.54) is 0 Å². The zero-order chi connectivity index (χ0) is 12.3. The molecule has 0 bridgehead atoms. The summed E-state index contributed by atoms with van der Waals surface area (Å²) in [5.41, 5.74) is 0.741. The van der Waals surface area contributed by atoms with E-state index in [2.05, 4.69) is 22.4 Å². The van der Waals surface area contributed by atoms with Gasteiger partial charge in [0.2, 0.25) is 0 Å². The summed E-state index contributed by atoms with van der Waals surface area (Å²) in [4.78, 5) is 0. The molecule has 6 heteroatoms. The minimum atomic E-state index is 0.316. The Morgan fingerprint density at radius 2 is 2.06 bits per heavy atom. The highest BCUT2D eigenvalue weighted by Crippen LogP contribution is 2.26. The molecule has 2 heterocycles. The maximum atomic E-state index is 5.96. The lowest BCUT2D eigenvalue weighted by molar-refractivity contribution is 0.0622. The van der Waals surface area contributed by atoms with Crippen LogP contribution in [0.15, 0.2) is 6.07 Å². The standard InChI is InChI=1S/C11H15Cl2N3O/c1-7(8-2-4-17-5-3-8)14-9-6-10(12)15-16-11(9)13/h6-8H,2-5H2,1H3,(H,14,15). The van der Waals surface area contributed by atoms with E-state index in [4.69, 9.17) is 27.9 Å². The van der Waals surface area contributed by atoms with Gasteiger partial charge in [-0.1, -0.05) is 23.2 Å². The average molecular weight is 276 g/mol. The normalized spacial score (nSPS) is 19.0. The SMILES string of the molecule is CC(Nc1cc(Cl)nnc1Cl)C1CCOCC1. The van der Waals surface area contributed by atoms with Gasteiger partial charge in [0.15, 0.2) is 10.3 Å². The Bertz CT molecular complexity index is 383. The molecular weight excluding hydrogens is 261 g/mol. The molecule has 1 aliphatic rings. The first-order chi connectivity index (χ1) is 8.16. The van der Waals surface area contributed by atoms with Gasteiger partial charge in [-0.05, 0) is 25.7 Å². The third-order valence-electron chi connectivity index (χ3n) is 3.08. The van der Waals surface area contributed by atoms with Crippen molar-refractivity contribution >= 4 is 28.9 Å². The molecule has 4 nitrogen and oxygen atoms in total. The van der Waals surface area contributed by atoms with Gasteiger partial charge in [-0.25, -0.2) is 0 Å². The number of aromatic nitrogens is 2. The van der Waals surface area contributed by atoms with Gasteiger partial charge in [0.05, 0.1) is 5.69 Å². The number of rotatable bonds is 3. The second-order valence-electron chi connectivity index (χ2n) is 4.25. The van der Waals surface area contributed by atoms with Crippen molar-refractivity contribution in [2.45, 2.75) is 25.8 Å². The van der Waals surface area contributed by atoms with E-state index in [-0.39, 0.29) is 0 Å². The molecule has 0 aromatic carbocycles. The predicted molar refractivity (Wildman–Crippen MR) is 68.7 cm³/mol. The molecular formula is C11H15Cl2N3O. The monoisotopic (exact) mass is 275 g/mol. The highest BCUT2D eigenvalue weighted by Gasteiger charge is 2.21. The van der Waals surface area contributed by atoms with Gasteiger partial charge >= 0.3 is 0 Å². The van der Waals surface area contributed by atoms with E-state index in [1.54, 1.807) is 6.07 Å². The maximum absolute atomic E-state index is 5.96. The molecule has 0 radical (unpaired) electrons. The Morgan fingerprint density at radius 1 is 1.35 bits per heavy atom. The first-order valence-corrected chi connectivity index (χ1v) is 6.45. The Kier molecular flexibility index (Phi) is 4.42. The van der Waals surface area contributed by atoms with E-state index in [0.717, 1.165) is 31.7 Å². The molecule has 94 valence electrons. The third kappa shape index (κ3) is 3.44. The quantitative estimate of drug-likeness (QED) is 0.921. The second kappa shape index (κ2) is 5.85. The van der Waals surface area contributed by atoms with Gasteiger partial charge in [0.1, 0.15) is 0 Å². The largest absolute Gasteiger partial charge is 0.381 e. The Morgan fingerprint density at radius 3 is 2.76 bits per heavy atom. The fourth-order valence-corrected chi connectivity index (χ4v) is 2.33. The van der Waals surface area contributed by atoms with Crippen LogP contribution in [0, 0.1) is 5.92 Å². The van der Waals surface area contributed by atoms with Gasteiger partial charge in [-0.15, -0.1) is 10.2 Å². The minimum Gasteiger partial charge on any atom is -0.381 e. The van der Waals surface area contributed by atoms with E-state index in [1.807, 2.05) is 0 Å². The average Bonchev–Trinajstić information content (AvgIpc) is 2.35. The number of nitrogens with one attached hydrogen (secondary N) is 1.